The fourth-order valence-electron chi connectivity index (χ4n) is 1.25. The first-order valence-corrected chi connectivity index (χ1v) is 7.22. The van der Waals surface area contributed by atoms with Crippen molar-refractivity contribution in [1.29, 1.82) is 0 Å². The molecule has 0 saturated carbocycles. The molecule has 20 heavy (non-hydrogen) atoms. The minimum Gasteiger partial charge on any atom is -0.373 e. The average molecular weight is 330 g/mol. The lowest BCUT2D eigenvalue weighted by molar-refractivity contribution is -0.239. The van der Waals surface area contributed by atoms with Crippen LogP contribution in [-0.4, -0.2) is 54.3 Å². The Morgan fingerprint density at radius 1 is 1.05 bits per heavy atom. The van der Waals surface area contributed by atoms with Gasteiger partial charge in [-0.15, -0.1) is 0 Å². The predicted molar refractivity (Wildman–Crippen MR) is 57.9 cm³/mol. The lowest BCUT2D eigenvalue weighted by Gasteiger charge is -2.34. The zero-order valence-electron chi connectivity index (χ0n) is 11.1. The SMILES string of the molecule is CCCOCO[Si](OC)(OC)C(F)(F)C(F)C(F)(F)F. The fourth-order valence-corrected chi connectivity index (χ4v) is 3.10. The normalized spacial score (nSPS) is 15.4. The molecule has 122 valence electrons. The zero-order valence-corrected chi connectivity index (χ0v) is 12.1. The van der Waals surface area contributed by atoms with E-state index in [4.69, 9.17) is 4.74 Å². The maximum atomic E-state index is 13.7. The van der Waals surface area contributed by atoms with Crippen LogP contribution in [0.4, 0.5) is 26.3 Å². The molecule has 0 aromatic carbocycles. The van der Waals surface area contributed by atoms with E-state index in [9.17, 15) is 26.3 Å². The third kappa shape index (κ3) is 4.31. The van der Waals surface area contributed by atoms with Crippen LogP contribution in [0.25, 0.3) is 0 Å². The van der Waals surface area contributed by atoms with Gasteiger partial charge in [-0.25, -0.2) is 4.39 Å². The summed E-state index contributed by atoms with van der Waals surface area (Å²) in [5.74, 6) is 0. The molecular weight excluding hydrogens is 314 g/mol. The Hall–Kier alpha value is -0.363. The molecule has 0 amide bonds. The van der Waals surface area contributed by atoms with Crippen LogP contribution in [0.5, 0.6) is 0 Å². The number of rotatable bonds is 9. The first-order chi connectivity index (χ1) is 9.09. The van der Waals surface area contributed by atoms with Crippen molar-refractivity contribution >= 4 is 8.80 Å². The molecule has 0 aliphatic carbocycles. The van der Waals surface area contributed by atoms with Crippen LogP contribution >= 0.6 is 0 Å². The van der Waals surface area contributed by atoms with E-state index in [0.717, 1.165) is 0 Å². The molecule has 0 radical (unpaired) electrons. The van der Waals surface area contributed by atoms with Crippen LogP contribution in [0.2, 0.25) is 0 Å². The molecule has 4 nitrogen and oxygen atoms in total. The second kappa shape index (κ2) is 7.59. The molecule has 0 aromatic heterocycles. The Morgan fingerprint density at radius 3 is 1.90 bits per heavy atom. The highest BCUT2D eigenvalue weighted by Gasteiger charge is 2.74. The summed E-state index contributed by atoms with van der Waals surface area (Å²) in [7, 11) is -3.93. The smallest absolute Gasteiger partial charge is 0.373 e. The summed E-state index contributed by atoms with van der Waals surface area (Å²) >= 11 is 0. The van der Waals surface area contributed by atoms with Crippen molar-refractivity contribution in [3.8, 4) is 0 Å². The van der Waals surface area contributed by atoms with Crippen molar-refractivity contribution < 1.29 is 44.4 Å². The fraction of sp³-hybridized carbons (Fsp3) is 1.00. The third-order valence-corrected chi connectivity index (χ3v) is 4.87. The van der Waals surface area contributed by atoms with Crippen LogP contribution < -0.4 is 0 Å². The largest absolute Gasteiger partial charge is 0.579 e. The number of hydrogen-bond acceptors (Lipinski definition) is 4. The first-order valence-electron chi connectivity index (χ1n) is 5.49. The van der Waals surface area contributed by atoms with Gasteiger partial charge in [-0.2, -0.15) is 22.0 Å². The average Bonchev–Trinajstić information content (AvgIpc) is 2.37. The van der Waals surface area contributed by atoms with Crippen LogP contribution in [0.15, 0.2) is 0 Å². The summed E-state index contributed by atoms with van der Waals surface area (Å²) in [5.41, 5.74) is -5.00. The second-order valence-corrected chi connectivity index (χ2v) is 6.55. The van der Waals surface area contributed by atoms with Gasteiger partial charge in [0.15, 0.2) is 0 Å². The molecule has 0 heterocycles. The van der Waals surface area contributed by atoms with Gasteiger partial charge in [-0.3, -0.25) is 0 Å². The molecule has 0 spiro atoms. The molecule has 0 fully saturated rings. The van der Waals surface area contributed by atoms with Gasteiger partial charge in [0.25, 0.3) is 6.17 Å². The van der Waals surface area contributed by atoms with E-state index in [0.29, 0.717) is 20.6 Å². The Bertz CT molecular complexity index is 284. The Balaban J connectivity index is 5.11. The highest BCUT2D eigenvalue weighted by atomic mass is 28.4. The summed E-state index contributed by atoms with van der Waals surface area (Å²) in [6.07, 6.45) is -9.71. The lowest BCUT2D eigenvalue weighted by Crippen LogP contribution is -2.66. The van der Waals surface area contributed by atoms with Gasteiger partial charge in [0.1, 0.15) is 6.79 Å². The van der Waals surface area contributed by atoms with Crippen LogP contribution in [0, 0.1) is 0 Å². The second-order valence-electron chi connectivity index (χ2n) is 3.66. The van der Waals surface area contributed by atoms with Crippen molar-refractivity contribution in [3.63, 3.8) is 0 Å². The molecule has 0 bridgehead atoms. The molecule has 1 unspecified atom stereocenters. The minimum absolute atomic E-state index is 0.127. The Morgan fingerprint density at radius 2 is 1.55 bits per heavy atom. The monoisotopic (exact) mass is 330 g/mol. The van der Waals surface area contributed by atoms with E-state index in [-0.39, 0.29) is 6.61 Å². The molecule has 0 aliphatic rings. The highest BCUT2D eigenvalue weighted by molar-refractivity contribution is 6.63. The summed E-state index contributed by atoms with van der Waals surface area (Å²) in [4.78, 5) is 0. The molecule has 0 saturated heterocycles. The number of halogens is 6. The molecule has 0 N–H and O–H groups in total. The molecule has 0 aromatic rings. The van der Waals surface area contributed by atoms with Crippen molar-refractivity contribution in [1.82, 2.24) is 0 Å². The quantitative estimate of drug-likeness (QED) is 0.282. The van der Waals surface area contributed by atoms with Crippen molar-refractivity contribution in [2.75, 3.05) is 27.6 Å². The summed E-state index contributed by atoms with van der Waals surface area (Å²) in [6.45, 7) is 1.05. The van der Waals surface area contributed by atoms with Gasteiger partial charge >= 0.3 is 20.5 Å². The zero-order chi connectivity index (χ0) is 16.0. The Kier molecular flexibility index (Phi) is 7.45. The van der Waals surface area contributed by atoms with E-state index in [1.165, 1.54) is 0 Å². The Labute approximate surface area is 113 Å². The van der Waals surface area contributed by atoms with Gasteiger partial charge in [0.2, 0.25) is 0 Å². The number of hydrogen-bond donors (Lipinski definition) is 0. The summed E-state index contributed by atoms with van der Waals surface area (Å²) < 4.78 is 94.6. The van der Waals surface area contributed by atoms with E-state index < -0.39 is 33.5 Å². The van der Waals surface area contributed by atoms with Crippen molar-refractivity contribution in [2.24, 2.45) is 0 Å². The van der Waals surface area contributed by atoms with Gasteiger partial charge < -0.3 is 18.0 Å². The van der Waals surface area contributed by atoms with E-state index in [1.807, 2.05) is 0 Å². The maximum absolute atomic E-state index is 13.7. The third-order valence-electron chi connectivity index (χ3n) is 2.23. The van der Waals surface area contributed by atoms with Gasteiger partial charge in [-0.05, 0) is 6.42 Å². The van der Waals surface area contributed by atoms with Crippen LogP contribution in [-0.2, 0) is 18.0 Å². The van der Waals surface area contributed by atoms with Crippen molar-refractivity contribution in [2.45, 2.75) is 31.2 Å². The number of alkyl halides is 6. The van der Waals surface area contributed by atoms with E-state index in [1.54, 1.807) is 6.92 Å². The van der Waals surface area contributed by atoms with Crippen molar-refractivity contribution in [3.05, 3.63) is 0 Å². The van der Waals surface area contributed by atoms with Gasteiger partial charge in [0, 0.05) is 20.8 Å². The lowest BCUT2D eigenvalue weighted by atomic mass is 10.4. The van der Waals surface area contributed by atoms with Gasteiger partial charge in [0.05, 0.1) is 0 Å². The van der Waals surface area contributed by atoms with Crippen LogP contribution in [0.3, 0.4) is 0 Å². The summed E-state index contributed by atoms with van der Waals surface area (Å²) in [5, 5.41) is 0. The summed E-state index contributed by atoms with van der Waals surface area (Å²) in [6, 6.07) is 0. The van der Waals surface area contributed by atoms with Crippen LogP contribution in [0.1, 0.15) is 13.3 Å². The molecule has 11 heteroatoms. The molecule has 1 atom stereocenters. The van der Waals surface area contributed by atoms with E-state index >= 15 is 0 Å². The predicted octanol–water partition coefficient (Wildman–Crippen LogP) is 2.69. The van der Waals surface area contributed by atoms with Gasteiger partial charge in [-0.1, -0.05) is 6.92 Å². The highest BCUT2D eigenvalue weighted by Crippen LogP contribution is 2.41. The number of ether oxygens (including phenoxy) is 1. The molecular formula is C9H16F6O4Si. The first kappa shape index (κ1) is 19.6. The topological polar surface area (TPSA) is 36.9 Å². The molecule has 0 rings (SSSR count). The maximum Gasteiger partial charge on any atom is 0.579 e. The standard InChI is InChI=1S/C9H16F6O4Si/c1-4-5-18-6-19-20(16-2,17-3)9(14,15)7(10)8(11,12)13/h7H,4-6H2,1-3H3. The van der Waals surface area contributed by atoms with E-state index in [2.05, 4.69) is 13.3 Å². The molecule has 0 aliphatic heterocycles. The minimum atomic E-state index is -5.77.